The number of esters is 1. The molecule has 0 saturated heterocycles. The van der Waals surface area contributed by atoms with Gasteiger partial charge in [0, 0.05) is 11.3 Å². The Balaban J connectivity index is 1.50. The monoisotopic (exact) mass is 442 g/mol. The van der Waals surface area contributed by atoms with E-state index in [1.54, 1.807) is 66.7 Å². The zero-order chi connectivity index (χ0) is 23.4. The van der Waals surface area contributed by atoms with Gasteiger partial charge in [0.15, 0.2) is 0 Å². The van der Waals surface area contributed by atoms with Crippen molar-refractivity contribution in [3.8, 4) is 0 Å². The molecule has 1 heterocycles. The minimum atomic E-state index is -0.452. The molecule has 0 unspecified atom stereocenters. The molecule has 0 aliphatic carbocycles. The summed E-state index contributed by atoms with van der Waals surface area (Å²) in [5.41, 5.74) is 2.00. The fourth-order valence-electron chi connectivity index (χ4n) is 3.53. The average molecular weight is 442 g/mol. The van der Waals surface area contributed by atoms with E-state index in [9.17, 15) is 19.2 Å². The molecule has 0 saturated carbocycles. The molecule has 0 aromatic heterocycles. The number of hydrogen-bond acceptors (Lipinski definition) is 5. The number of hydrogen-bond donors (Lipinski definition) is 1. The molecule has 0 bridgehead atoms. The van der Waals surface area contributed by atoms with Gasteiger partial charge in [0.25, 0.3) is 17.7 Å². The van der Waals surface area contributed by atoms with E-state index in [1.807, 2.05) is 6.92 Å². The van der Waals surface area contributed by atoms with Gasteiger partial charge in [-0.2, -0.15) is 0 Å². The highest BCUT2D eigenvalue weighted by molar-refractivity contribution is 6.34. The third-order valence-corrected chi connectivity index (χ3v) is 5.25. The Hall–Kier alpha value is -4.26. The number of unbranched alkanes of at least 4 members (excludes halogenated alkanes) is 1. The minimum Gasteiger partial charge on any atom is -0.462 e. The van der Waals surface area contributed by atoms with E-state index >= 15 is 0 Å². The Morgan fingerprint density at radius 3 is 2.21 bits per heavy atom. The Kier molecular flexibility index (Phi) is 6.31. The lowest BCUT2D eigenvalue weighted by Crippen LogP contribution is -2.29. The van der Waals surface area contributed by atoms with Gasteiger partial charge in [-0.15, -0.1) is 0 Å². The SMILES string of the molecule is CCCCOC(=O)c1cccc(NC(=O)c2cccc(N3C(=O)c4ccccc4C3=O)c2)c1. The van der Waals surface area contributed by atoms with E-state index in [4.69, 9.17) is 4.74 Å². The number of fused-ring (bicyclic) bond motifs is 1. The first kappa shape index (κ1) is 22.0. The normalized spacial score (nSPS) is 12.5. The number of carbonyl (C=O) groups is 4. The molecule has 1 N–H and O–H groups in total. The van der Waals surface area contributed by atoms with Crippen LogP contribution in [-0.4, -0.2) is 30.3 Å². The second-order valence-corrected chi connectivity index (χ2v) is 7.57. The predicted molar refractivity (Wildman–Crippen MR) is 124 cm³/mol. The van der Waals surface area contributed by atoms with E-state index in [-0.39, 0.29) is 5.56 Å². The summed E-state index contributed by atoms with van der Waals surface area (Å²) in [6.07, 6.45) is 1.70. The lowest BCUT2D eigenvalue weighted by atomic mass is 10.1. The highest BCUT2D eigenvalue weighted by Gasteiger charge is 2.36. The quantitative estimate of drug-likeness (QED) is 0.325. The summed E-state index contributed by atoms with van der Waals surface area (Å²) in [7, 11) is 0. The lowest BCUT2D eigenvalue weighted by molar-refractivity contribution is 0.0499. The highest BCUT2D eigenvalue weighted by Crippen LogP contribution is 2.29. The molecule has 3 amide bonds. The van der Waals surface area contributed by atoms with E-state index in [0.29, 0.717) is 34.7 Å². The molecule has 33 heavy (non-hydrogen) atoms. The number of nitrogens with zero attached hydrogens (tertiary/aromatic N) is 1. The highest BCUT2D eigenvalue weighted by atomic mass is 16.5. The first-order chi connectivity index (χ1) is 16.0. The molecule has 7 nitrogen and oxygen atoms in total. The summed E-state index contributed by atoms with van der Waals surface area (Å²) in [6.45, 7) is 2.35. The molecule has 3 aromatic carbocycles. The summed E-state index contributed by atoms with van der Waals surface area (Å²) >= 11 is 0. The zero-order valence-corrected chi connectivity index (χ0v) is 18.0. The van der Waals surface area contributed by atoms with Gasteiger partial charge in [-0.3, -0.25) is 14.4 Å². The second kappa shape index (κ2) is 9.48. The van der Waals surface area contributed by atoms with Crippen LogP contribution in [0.25, 0.3) is 0 Å². The molecule has 3 aromatic rings. The number of rotatable bonds is 7. The van der Waals surface area contributed by atoms with Gasteiger partial charge in [-0.1, -0.05) is 37.6 Å². The third kappa shape index (κ3) is 4.52. The van der Waals surface area contributed by atoms with Crippen molar-refractivity contribution in [2.45, 2.75) is 19.8 Å². The van der Waals surface area contributed by atoms with E-state index in [1.165, 1.54) is 6.07 Å². The van der Waals surface area contributed by atoms with Crippen molar-refractivity contribution in [1.29, 1.82) is 0 Å². The maximum absolute atomic E-state index is 12.8. The van der Waals surface area contributed by atoms with Crippen LogP contribution in [-0.2, 0) is 4.74 Å². The maximum Gasteiger partial charge on any atom is 0.338 e. The maximum atomic E-state index is 12.8. The van der Waals surface area contributed by atoms with Gasteiger partial charge >= 0.3 is 5.97 Å². The smallest absolute Gasteiger partial charge is 0.338 e. The molecule has 0 atom stereocenters. The Morgan fingerprint density at radius 2 is 1.52 bits per heavy atom. The van der Waals surface area contributed by atoms with Crippen LogP contribution in [0.1, 0.15) is 61.2 Å². The molecular weight excluding hydrogens is 420 g/mol. The fourth-order valence-corrected chi connectivity index (χ4v) is 3.53. The number of nitrogens with one attached hydrogen (secondary N) is 1. The Bertz CT molecular complexity index is 1220. The van der Waals surface area contributed by atoms with Gasteiger partial charge in [0.2, 0.25) is 0 Å². The van der Waals surface area contributed by atoms with Crippen LogP contribution >= 0.6 is 0 Å². The number of benzene rings is 3. The first-order valence-corrected chi connectivity index (χ1v) is 10.7. The average Bonchev–Trinajstić information content (AvgIpc) is 3.09. The van der Waals surface area contributed by atoms with Crippen LogP contribution in [0.3, 0.4) is 0 Å². The van der Waals surface area contributed by atoms with Gasteiger partial charge in [0.05, 0.1) is 29.0 Å². The Morgan fingerprint density at radius 1 is 0.848 bits per heavy atom. The van der Waals surface area contributed by atoms with Crippen molar-refractivity contribution in [1.82, 2.24) is 0 Å². The van der Waals surface area contributed by atoms with E-state index in [0.717, 1.165) is 17.7 Å². The van der Waals surface area contributed by atoms with Crippen molar-refractivity contribution < 1.29 is 23.9 Å². The fraction of sp³-hybridized carbons (Fsp3) is 0.154. The van der Waals surface area contributed by atoms with Crippen LogP contribution < -0.4 is 10.2 Å². The number of anilines is 2. The number of ether oxygens (including phenoxy) is 1. The second-order valence-electron chi connectivity index (χ2n) is 7.57. The van der Waals surface area contributed by atoms with E-state index < -0.39 is 23.7 Å². The summed E-state index contributed by atoms with van der Waals surface area (Å²) in [4.78, 5) is 51.5. The Labute approximate surface area is 191 Å². The molecular formula is C26H22N2O5. The van der Waals surface area contributed by atoms with Crippen LogP contribution in [0.5, 0.6) is 0 Å². The van der Waals surface area contributed by atoms with Crippen molar-refractivity contribution in [2.75, 3.05) is 16.8 Å². The topological polar surface area (TPSA) is 92.8 Å². The zero-order valence-electron chi connectivity index (χ0n) is 18.0. The number of amides is 3. The number of carbonyl (C=O) groups excluding carboxylic acids is 4. The van der Waals surface area contributed by atoms with Crippen LogP contribution in [0.4, 0.5) is 11.4 Å². The largest absolute Gasteiger partial charge is 0.462 e. The summed E-state index contributed by atoms with van der Waals surface area (Å²) in [6, 6.07) is 19.4. The van der Waals surface area contributed by atoms with Crippen molar-refractivity contribution >= 4 is 35.1 Å². The van der Waals surface area contributed by atoms with Crippen LogP contribution in [0.2, 0.25) is 0 Å². The van der Waals surface area contributed by atoms with Crippen molar-refractivity contribution in [3.05, 3.63) is 95.1 Å². The molecule has 1 aliphatic rings. The third-order valence-electron chi connectivity index (χ3n) is 5.25. The number of imide groups is 1. The minimum absolute atomic E-state index is 0.264. The van der Waals surface area contributed by atoms with Gasteiger partial charge in [-0.05, 0) is 55.0 Å². The van der Waals surface area contributed by atoms with Crippen LogP contribution in [0.15, 0.2) is 72.8 Å². The molecule has 1 aliphatic heterocycles. The van der Waals surface area contributed by atoms with Crippen molar-refractivity contribution in [3.63, 3.8) is 0 Å². The van der Waals surface area contributed by atoms with Gasteiger partial charge < -0.3 is 10.1 Å². The predicted octanol–water partition coefficient (Wildman–Crippen LogP) is 4.70. The van der Waals surface area contributed by atoms with Gasteiger partial charge in [0.1, 0.15) is 0 Å². The molecule has 7 heteroatoms. The summed E-state index contributed by atoms with van der Waals surface area (Å²) < 4.78 is 5.21. The first-order valence-electron chi connectivity index (χ1n) is 10.7. The summed E-state index contributed by atoms with van der Waals surface area (Å²) in [5.74, 6) is -1.75. The molecule has 0 fully saturated rings. The molecule has 0 spiro atoms. The summed E-state index contributed by atoms with van der Waals surface area (Å²) in [5, 5.41) is 2.74. The van der Waals surface area contributed by atoms with Crippen LogP contribution in [0, 0.1) is 0 Å². The van der Waals surface area contributed by atoms with E-state index in [2.05, 4.69) is 5.32 Å². The lowest BCUT2D eigenvalue weighted by Gasteiger charge is -2.15. The molecule has 0 radical (unpaired) electrons. The van der Waals surface area contributed by atoms with Crippen molar-refractivity contribution in [2.24, 2.45) is 0 Å². The molecule has 166 valence electrons. The molecule has 4 rings (SSSR count). The standard InChI is InChI=1S/C26H22N2O5/c1-2-3-14-33-26(32)18-9-6-10-19(15-18)27-23(29)17-8-7-11-20(16-17)28-24(30)21-12-4-5-13-22(21)25(28)31/h4-13,15-16H,2-3,14H2,1H3,(H,27,29). The van der Waals surface area contributed by atoms with Gasteiger partial charge in [-0.25, -0.2) is 9.69 Å².